The van der Waals surface area contributed by atoms with E-state index in [-0.39, 0.29) is 4.86 Å². The van der Waals surface area contributed by atoms with Crippen LogP contribution >= 0.6 is 11.6 Å². The van der Waals surface area contributed by atoms with E-state index in [0.717, 1.165) is 6.92 Å². The van der Waals surface area contributed by atoms with Crippen LogP contribution in [0.1, 0.15) is 6.92 Å². The lowest BCUT2D eigenvalue weighted by atomic mass is 10.6. The second-order valence-corrected chi connectivity index (χ2v) is 2.49. The lowest BCUT2D eigenvalue weighted by molar-refractivity contribution is -0.106. The molecule has 0 rings (SSSR count). The third-order valence-corrected chi connectivity index (χ3v) is 1.61. The van der Waals surface area contributed by atoms with E-state index in [2.05, 4.69) is 0 Å². The van der Waals surface area contributed by atoms with Crippen molar-refractivity contribution in [3.63, 3.8) is 0 Å². The molecular formula is C3H3ClO3S. The lowest BCUT2D eigenvalue weighted by Gasteiger charge is -1.75. The number of hydrogen-bond acceptors (Lipinski definition) is 3. The smallest absolute Gasteiger partial charge is 0.263 e. The van der Waals surface area contributed by atoms with Gasteiger partial charge in [-0.25, -0.2) is 0 Å². The predicted molar refractivity (Wildman–Crippen MR) is 30.5 cm³/mol. The zero-order valence-corrected chi connectivity index (χ0v) is 5.58. The second kappa shape index (κ2) is 2.84. The van der Waals surface area contributed by atoms with Crippen LogP contribution in [-0.4, -0.2) is 18.5 Å². The van der Waals surface area contributed by atoms with Crippen LogP contribution in [0.3, 0.4) is 0 Å². The molecule has 46 valence electrons. The minimum atomic E-state index is -2.46. The van der Waals surface area contributed by atoms with Gasteiger partial charge in [0, 0.05) is 0 Å². The molecule has 0 radical (unpaired) electrons. The van der Waals surface area contributed by atoms with Gasteiger partial charge in [-0.05, 0) is 18.5 Å². The molecule has 0 spiro atoms. The van der Waals surface area contributed by atoms with Gasteiger partial charge in [-0.2, -0.15) is 8.42 Å². The Bertz CT molecular complexity index is 217. The summed E-state index contributed by atoms with van der Waals surface area (Å²) >= 11 is 4.75. The average molecular weight is 155 g/mol. The Morgan fingerprint density at radius 3 is 1.88 bits per heavy atom. The van der Waals surface area contributed by atoms with E-state index in [9.17, 15) is 13.2 Å². The van der Waals surface area contributed by atoms with Crippen molar-refractivity contribution in [2.75, 3.05) is 0 Å². The molecule has 0 aliphatic rings. The van der Waals surface area contributed by atoms with Crippen molar-refractivity contribution < 1.29 is 13.2 Å². The fraction of sp³-hybridized carbons (Fsp3) is 0.333. The summed E-state index contributed by atoms with van der Waals surface area (Å²) in [4.78, 5) is 9.57. The molecule has 0 aromatic rings. The van der Waals surface area contributed by atoms with Crippen molar-refractivity contribution in [2.24, 2.45) is 0 Å². The van der Waals surface area contributed by atoms with E-state index in [1.54, 1.807) is 0 Å². The summed E-state index contributed by atoms with van der Waals surface area (Å²) in [6.07, 6.45) is 0. The summed E-state index contributed by atoms with van der Waals surface area (Å²) in [6.45, 7) is 1.14. The van der Waals surface area contributed by atoms with Crippen molar-refractivity contribution in [3.05, 3.63) is 0 Å². The standard InChI is InChI=1S/C3H3ClO3S/c1-2(3(4)5)8(6)7/h1H3. The molecule has 0 aliphatic carbocycles. The molecule has 0 saturated heterocycles. The first kappa shape index (κ1) is 7.65. The van der Waals surface area contributed by atoms with E-state index in [0.29, 0.717) is 0 Å². The van der Waals surface area contributed by atoms with Crippen molar-refractivity contribution in [1.82, 2.24) is 0 Å². The van der Waals surface area contributed by atoms with Crippen LogP contribution in [0.4, 0.5) is 0 Å². The Hall–Kier alpha value is -0.350. The Morgan fingerprint density at radius 1 is 1.50 bits per heavy atom. The van der Waals surface area contributed by atoms with E-state index in [4.69, 9.17) is 11.6 Å². The quantitative estimate of drug-likeness (QED) is 0.389. The molecule has 0 unspecified atom stereocenters. The van der Waals surface area contributed by atoms with Crippen LogP contribution in [0.2, 0.25) is 0 Å². The fourth-order valence-electron chi connectivity index (χ4n) is 0.0655. The van der Waals surface area contributed by atoms with Crippen LogP contribution in [0.25, 0.3) is 0 Å². The molecule has 0 aliphatic heterocycles. The molecule has 0 fully saturated rings. The maximum atomic E-state index is 9.92. The van der Waals surface area contributed by atoms with Crippen molar-refractivity contribution in [3.8, 4) is 0 Å². The molecule has 0 N–H and O–H groups in total. The molecule has 0 atom stereocenters. The summed E-state index contributed by atoms with van der Waals surface area (Å²) in [5, 5.41) is -0.932. The highest BCUT2D eigenvalue weighted by Crippen LogP contribution is 1.80. The zero-order chi connectivity index (χ0) is 6.73. The SMILES string of the molecule is CC(C(=O)Cl)=S(=O)=O. The van der Waals surface area contributed by atoms with Gasteiger partial charge in [0.2, 0.25) is 10.3 Å². The van der Waals surface area contributed by atoms with Gasteiger partial charge in [0.25, 0.3) is 5.24 Å². The highest BCUT2D eigenvalue weighted by molar-refractivity contribution is 7.75. The van der Waals surface area contributed by atoms with Crippen LogP contribution in [0.15, 0.2) is 0 Å². The second-order valence-electron chi connectivity index (χ2n) is 1.06. The predicted octanol–water partition coefficient (Wildman–Crippen LogP) is -0.177. The minimum Gasteiger partial charge on any atom is -0.275 e. The van der Waals surface area contributed by atoms with Gasteiger partial charge in [-0.1, -0.05) is 0 Å². The highest BCUT2D eigenvalue weighted by atomic mass is 35.5. The number of carbonyl (C=O) groups is 1. The Morgan fingerprint density at radius 2 is 1.88 bits per heavy atom. The Kier molecular flexibility index (Phi) is 2.71. The number of carbonyl (C=O) groups excluding carboxylic acids is 1. The Balaban J connectivity index is 4.78. The van der Waals surface area contributed by atoms with Crippen molar-refractivity contribution >= 4 is 32.0 Å². The summed E-state index contributed by atoms with van der Waals surface area (Å²) in [6, 6.07) is 0. The zero-order valence-electron chi connectivity index (χ0n) is 4.01. The molecule has 0 amide bonds. The topological polar surface area (TPSA) is 51.2 Å². The summed E-state index contributed by atoms with van der Waals surface area (Å²) in [7, 11) is -2.46. The largest absolute Gasteiger partial charge is 0.275 e. The summed E-state index contributed by atoms with van der Waals surface area (Å²) < 4.78 is 19.6. The van der Waals surface area contributed by atoms with Crippen LogP contribution < -0.4 is 0 Å². The van der Waals surface area contributed by atoms with Crippen LogP contribution in [0.5, 0.6) is 0 Å². The van der Waals surface area contributed by atoms with Gasteiger partial charge in [-0.15, -0.1) is 0 Å². The van der Waals surface area contributed by atoms with E-state index >= 15 is 0 Å². The van der Waals surface area contributed by atoms with E-state index < -0.39 is 15.5 Å². The third-order valence-electron chi connectivity index (χ3n) is 0.527. The van der Waals surface area contributed by atoms with E-state index in [1.165, 1.54) is 0 Å². The van der Waals surface area contributed by atoms with Gasteiger partial charge in [0.15, 0.2) is 0 Å². The molecule has 0 aromatic carbocycles. The van der Waals surface area contributed by atoms with Gasteiger partial charge in [0.05, 0.1) is 0 Å². The first-order chi connectivity index (χ1) is 3.55. The van der Waals surface area contributed by atoms with Crippen LogP contribution in [0, 0.1) is 0 Å². The van der Waals surface area contributed by atoms with Gasteiger partial charge in [0.1, 0.15) is 4.86 Å². The molecule has 5 heteroatoms. The first-order valence-corrected chi connectivity index (χ1v) is 3.13. The van der Waals surface area contributed by atoms with Crippen molar-refractivity contribution in [1.29, 1.82) is 0 Å². The molecule has 0 heterocycles. The normalized spacial score (nSPS) is 8.25. The van der Waals surface area contributed by atoms with E-state index in [1.807, 2.05) is 0 Å². The monoisotopic (exact) mass is 154 g/mol. The fourth-order valence-corrected chi connectivity index (χ4v) is 0.386. The van der Waals surface area contributed by atoms with Gasteiger partial charge in [-0.3, -0.25) is 4.79 Å². The van der Waals surface area contributed by atoms with Crippen LogP contribution in [-0.2, 0) is 15.1 Å². The minimum absolute atomic E-state index is 0.355. The van der Waals surface area contributed by atoms with Gasteiger partial charge < -0.3 is 0 Å². The maximum Gasteiger partial charge on any atom is 0.263 e. The molecular weight excluding hydrogens is 152 g/mol. The Labute approximate surface area is 52.8 Å². The molecule has 0 saturated carbocycles. The highest BCUT2D eigenvalue weighted by Gasteiger charge is 1.99. The third kappa shape index (κ3) is 2.09. The molecule has 3 nitrogen and oxygen atoms in total. The average Bonchev–Trinajstić information content (AvgIpc) is 1.64. The van der Waals surface area contributed by atoms with Crippen molar-refractivity contribution in [2.45, 2.75) is 6.92 Å². The number of rotatable bonds is 1. The number of hydrogen-bond donors (Lipinski definition) is 0. The summed E-state index contributed by atoms with van der Waals surface area (Å²) in [5.41, 5.74) is 0. The summed E-state index contributed by atoms with van der Waals surface area (Å²) in [5.74, 6) is 0. The molecule has 0 bridgehead atoms. The molecule has 8 heavy (non-hydrogen) atoms. The van der Waals surface area contributed by atoms with Gasteiger partial charge >= 0.3 is 0 Å². The number of halogens is 1. The molecule has 0 aromatic heterocycles. The maximum absolute atomic E-state index is 9.92. The lowest BCUT2D eigenvalue weighted by Crippen LogP contribution is -2.01. The first-order valence-electron chi connectivity index (χ1n) is 1.68.